The van der Waals surface area contributed by atoms with Gasteiger partial charge in [0.1, 0.15) is 11.5 Å². The highest BCUT2D eigenvalue weighted by Crippen LogP contribution is 2.50. The average Bonchev–Trinajstić information content (AvgIpc) is 2.74. The summed E-state index contributed by atoms with van der Waals surface area (Å²) in [5.41, 5.74) is 0.571. The van der Waals surface area contributed by atoms with Gasteiger partial charge in [0.25, 0.3) is 0 Å². The van der Waals surface area contributed by atoms with E-state index in [0.717, 1.165) is 51.4 Å². The summed E-state index contributed by atoms with van der Waals surface area (Å²) in [6.07, 6.45) is -0.194. The van der Waals surface area contributed by atoms with Crippen molar-refractivity contribution in [2.24, 2.45) is 0 Å². The summed E-state index contributed by atoms with van der Waals surface area (Å²) in [5.74, 6) is -1.11. The Labute approximate surface area is 181 Å². The summed E-state index contributed by atoms with van der Waals surface area (Å²) in [7, 11) is 2.37. The van der Waals surface area contributed by atoms with E-state index in [2.05, 4.69) is 9.24 Å². The molecule has 1 atom stereocenters. The molecule has 2 nitrogen and oxygen atoms in total. The lowest BCUT2D eigenvalue weighted by Crippen LogP contribution is -2.32. The number of ether oxygens (including phenoxy) is 2. The first kappa shape index (κ1) is 24.5. The SMILES string of the molecule is FCC(F)(F)Oc1cc(P)c(C2CCCCC2)c(OC(F)(F)CF)c1C1CCCCC1. The van der Waals surface area contributed by atoms with E-state index in [9.17, 15) is 26.3 Å². The largest absolute Gasteiger partial charge is 0.430 e. The van der Waals surface area contributed by atoms with Crippen LogP contribution in [0, 0.1) is 0 Å². The highest BCUT2D eigenvalue weighted by atomic mass is 31.0. The van der Waals surface area contributed by atoms with Gasteiger partial charge in [-0.1, -0.05) is 38.5 Å². The lowest BCUT2D eigenvalue weighted by molar-refractivity contribution is -0.190. The molecule has 0 spiro atoms. The monoisotopic (exact) mass is 470 g/mol. The van der Waals surface area contributed by atoms with Crippen LogP contribution in [0.25, 0.3) is 0 Å². The van der Waals surface area contributed by atoms with Crippen molar-refractivity contribution in [1.29, 1.82) is 0 Å². The number of halogens is 6. The number of hydrogen-bond donors (Lipinski definition) is 0. The highest BCUT2D eigenvalue weighted by Gasteiger charge is 2.40. The third kappa shape index (κ3) is 6.00. The van der Waals surface area contributed by atoms with Crippen LogP contribution >= 0.6 is 9.24 Å². The first-order valence-electron chi connectivity index (χ1n) is 10.9. The van der Waals surface area contributed by atoms with E-state index in [-0.39, 0.29) is 28.9 Å². The molecule has 31 heavy (non-hydrogen) atoms. The second-order valence-electron chi connectivity index (χ2n) is 8.54. The first-order valence-corrected chi connectivity index (χ1v) is 11.5. The summed E-state index contributed by atoms with van der Waals surface area (Å²) in [6, 6.07) is 1.35. The van der Waals surface area contributed by atoms with Crippen molar-refractivity contribution in [2.45, 2.75) is 88.3 Å². The maximum atomic E-state index is 14.1. The van der Waals surface area contributed by atoms with Crippen LogP contribution in [-0.2, 0) is 0 Å². The van der Waals surface area contributed by atoms with Crippen LogP contribution in [0.15, 0.2) is 6.07 Å². The van der Waals surface area contributed by atoms with Gasteiger partial charge in [-0.15, -0.1) is 9.24 Å². The molecule has 1 unspecified atom stereocenters. The van der Waals surface area contributed by atoms with Crippen molar-refractivity contribution in [1.82, 2.24) is 0 Å². The molecule has 0 bridgehead atoms. The lowest BCUT2D eigenvalue weighted by Gasteiger charge is -2.33. The van der Waals surface area contributed by atoms with Crippen LogP contribution < -0.4 is 14.8 Å². The second kappa shape index (κ2) is 10.2. The number of rotatable bonds is 8. The molecule has 1 aromatic carbocycles. The molecule has 0 aromatic heterocycles. The smallest absolute Gasteiger partial charge is 0.427 e. The van der Waals surface area contributed by atoms with Gasteiger partial charge in [-0.25, -0.2) is 8.78 Å². The van der Waals surface area contributed by atoms with E-state index < -0.39 is 25.6 Å². The van der Waals surface area contributed by atoms with Crippen molar-refractivity contribution < 1.29 is 35.8 Å². The highest BCUT2D eigenvalue weighted by molar-refractivity contribution is 7.27. The number of benzene rings is 1. The van der Waals surface area contributed by atoms with Crippen LogP contribution in [0.5, 0.6) is 11.5 Å². The number of alkyl halides is 6. The van der Waals surface area contributed by atoms with Gasteiger partial charge in [0.15, 0.2) is 13.3 Å². The molecule has 0 radical (unpaired) electrons. The van der Waals surface area contributed by atoms with E-state index in [1.54, 1.807) is 0 Å². The fourth-order valence-corrected chi connectivity index (χ4v) is 5.35. The lowest BCUT2D eigenvalue weighted by atomic mass is 9.78. The molecule has 0 amide bonds. The predicted octanol–water partition coefficient (Wildman–Crippen LogP) is 7.16. The fraction of sp³-hybridized carbons (Fsp3) is 0.727. The Hall–Kier alpha value is -1.17. The van der Waals surface area contributed by atoms with Gasteiger partial charge in [-0.3, -0.25) is 0 Å². The van der Waals surface area contributed by atoms with E-state index in [4.69, 9.17) is 9.47 Å². The molecule has 0 saturated heterocycles. The van der Waals surface area contributed by atoms with E-state index in [1.165, 1.54) is 6.07 Å². The normalized spacial score (nSPS) is 19.5. The number of hydrogen-bond acceptors (Lipinski definition) is 2. The fourth-order valence-electron chi connectivity index (χ4n) is 4.83. The van der Waals surface area contributed by atoms with Gasteiger partial charge in [-0.05, 0) is 48.9 Å². The van der Waals surface area contributed by atoms with Crippen LogP contribution in [0.2, 0.25) is 0 Å². The molecule has 3 rings (SSSR count). The maximum absolute atomic E-state index is 14.1. The van der Waals surface area contributed by atoms with Crippen LogP contribution in [-0.4, -0.2) is 25.6 Å². The predicted molar refractivity (Wildman–Crippen MR) is 111 cm³/mol. The molecule has 2 fully saturated rings. The maximum Gasteiger partial charge on any atom is 0.427 e. The Morgan fingerprint density at radius 2 is 1.19 bits per heavy atom. The van der Waals surface area contributed by atoms with Gasteiger partial charge < -0.3 is 9.47 Å². The van der Waals surface area contributed by atoms with E-state index in [0.29, 0.717) is 23.7 Å². The van der Waals surface area contributed by atoms with Crippen molar-refractivity contribution in [3.05, 3.63) is 17.2 Å². The molecule has 9 heteroatoms. The second-order valence-corrected chi connectivity index (χ2v) is 9.16. The van der Waals surface area contributed by atoms with Crippen molar-refractivity contribution in [3.63, 3.8) is 0 Å². The van der Waals surface area contributed by atoms with Crippen LogP contribution in [0.4, 0.5) is 26.3 Å². The summed E-state index contributed by atoms with van der Waals surface area (Å²) in [6.45, 7) is -4.09. The summed E-state index contributed by atoms with van der Waals surface area (Å²) in [4.78, 5) is 0. The molecular weight excluding hydrogens is 441 g/mol. The molecule has 2 aliphatic rings. The van der Waals surface area contributed by atoms with Crippen molar-refractivity contribution in [2.75, 3.05) is 13.3 Å². The molecular formula is C22H29F6O2P. The topological polar surface area (TPSA) is 18.5 Å². The molecule has 0 N–H and O–H groups in total. The third-order valence-corrected chi connectivity index (χ3v) is 6.68. The molecule has 176 valence electrons. The van der Waals surface area contributed by atoms with Gasteiger partial charge in [0, 0.05) is 11.1 Å². The zero-order valence-corrected chi connectivity index (χ0v) is 18.5. The minimum Gasteiger partial charge on any atom is -0.430 e. The minimum atomic E-state index is -4.11. The van der Waals surface area contributed by atoms with Gasteiger partial charge in [0.05, 0.1) is 0 Å². The van der Waals surface area contributed by atoms with Crippen LogP contribution in [0.3, 0.4) is 0 Å². The van der Waals surface area contributed by atoms with Gasteiger partial charge in [0.2, 0.25) is 0 Å². The molecule has 1 aromatic rings. The van der Waals surface area contributed by atoms with E-state index >= 15 is 0 Å². The van der Waals surface area contributed by atoms with Crippen molar-refractivity contribution >= 4 is 14.5 Å². The first-order chi connectivity index (χ1) is 14.7. The third-order valence-electron chi connectivity index (χ3n) is 6.20. The van der Waals surface area contributed by atoms with Gasteiger partial charge >= 0.3 is 12.2 Å². The quantitative estimate of drug-likeness (QED) is 0.296. The Morgan fingerprint density at radius 1 is 0.742 bits per heavy atom. The Balaban J connectivity index is 2.20. The zero-order chi connectivity index (χ0) is 22.6. The zero-order valence-electron chi connectivity index (χ0n) is 17.4. The average molecular weight is 470 g/mol. The van der Waals surface area contributed by atoms with Crippen molar-refractivity contribution in [3.8, 4) is 11.5 Å². The molecule has 0 heterocycles. The van der Waals surface area contributed by atoms with Gasteiger partial charge in [-0.2, -0.15) is 17.6 Å². The summed E-state index contributed by atoms with van der Waals surface area (Å²) < 4.78 is 91.6. The van der Waals surface area contributed by atoms with Crippen LogP contribution in [0.1, 0.15) is 87.2 Å². The Morgan fingerprint density at radius 3 is 1.68 bits per heavy atom. The summed E-state index contributed by atoms with van der Waals surface area (Å²) >= 11 is 0. The molecule has 2 saturated carbocycles. The molecule has 2 aliphatic carbocycles. The standard InChI is InChI=1S/C22H29F6O2P/c23-12-21(25,26)29-16-11-17(31)19(15-9-5-2-6-10-15)20(30-22(27,28)13-24)18(16)14-7-3-1-4-8-14/h11,14-15H,1-10,12-13,31H2. The Kier molecular flexibility index (Phi) is 8.04. The summed E-state index contributed by atoms with van der Waals surface area (Å²) in [5, 5.41) is 0.376. The minimum absolute atomic E-state index is 0.0905. The van der Waals surface area contributed by atoms with E-state index in [1.807, 2.05) is 0 Å². The Bertz CT molecular complexity index is 746. The molecule has 0 aliphatic heterocycles.